The fourth-order valence-electron chi connectivity index (χ4n) is 2.53. The lowest BCUT2D eigenvalue weighted by Gasteiger charge is -2.03. The van der Waals surface area contributed by atoms with Gasteiger partial charge in [0.1, 0.15) is 5.69 Å². The number of amides is 1. The van der Waals surface area contributed by atoms with Gasteiger partial charge < -0.3 is 5.32 Å². The molecule has 0 aliphatic heterocycles. The first-order valence-corrected chi connectivity index (χ1v) is 8.31. The smallest absolute Gasteiger partial charge is 0.272 e. The van der Waals surface area contributed by atoms with Crippen LogP contribution in [0.4, 0.5) is 0 Å². The molecule has 0 radical (unpaired) electrons. The van der Waals surface area contributed by atoms with Gasteiger partial charge >= 0.3 is 0 Å². The van der Waals surface area contributed by atoms with Crippen LogP contribution in [0.15, 0.2) is 54.9 Å². The molecule has 0 spiro atoms. The highest BCUT2D eigenvalue weighted by atomic mass is 16.1. The minimum Gasteiger partial charge on any atom is -0.345 e. The SMILES string of the molecule is Cn1nccc1CNC(=O)c1ccn(Cn2nnc(-c3ccccc3)n2)n1. The number of tetrazole rings is 1. The average molecular weight is 363 g/mol. The molecule has 0 bridgehead atoms. The zero-order chi connectivity index (χ0) is 18.6. The van der Waals surface area contributed by atoms with Crippen molar-refractivity contribution in [2.75, 3.05) is 0 Å². The highest BCUT2D eigenvalue weighted by Crippen LogP contribution is 2.11. The van der Waals surface area contributed by atoms with Gasteiger partial charge in [0, 0.05) is 25.0 Å². The first-order chi connectivity index (χ1) is 13.2. The summed E-state index contributed by atoms with van der Waals surface area (Å²) in [6.45, 7) is 0.641. The van der Waals surface area contributed by atoms with E-state index in [4.69, 9.17) is 0 Å². The summed E-state index contributed by atoms with van der Waals surface area (Å²) in [7, 11) is 1.82. The van der Waals surface area contributed by atoms with E-state index in [1.165, 1.54) is 4.80 Å². The monoisotopic (exact) mass is 363 g/mol. The summed E-state index contributed by atoms with van der Waals surface area (Å²) in [4.78, 5) is 13.7. The summed E-state index contributed by atoms with van der Waals surface area (Å²) in [6.07, 6.45) is 3.38. The van der Waals surface area contributed by atoms with Gasteiger partial charge in [-0.05, 0) is 17.3 Å². The second-order valence-corrected chi connectivity index (χ2v) is 5.86. The molecule has 3 heterocycles. The molecule has 3 aromatic heterocycles. The Bertz CT molecular complexity index is 1050. The van der Waals surface area contributed by atoms with Crippen LogP contribution in [0.3, 0.4) is 0 Å². The molecule has 0 fully saturated rings. The van der Waals surface area contributed by atoms with E-state index in [1.54, 1.807) is 27.8 Å². The number of aromatic nitrogens is 8. The summed E-state index contributed by atoms with van der Waals surface area (Å²) < 4.78 is 3.29. The van der Waals surface area contributed by atoms with Crippen molar-refractivity contribution in [3.8, 4) is 11.4 Å². The molecule has 27 heavy (non-hydrogen) atoms. The van der Waals surface area contributed by atoms with E-state index in [1.807, 2.05) is 43.4 Å². The van der Waals surface area contributed by atoms with Gasteiger partial charge in [-0.2, -0.15) is 10.2 Å². The van der Waals surface area contributed by atoms with E-state index in [9.17, 15) is 4.79 Å². The van der Waals surface area contributed by atoms with Crippen LogP contribution in [0.2, 0.25) is 0 Å². The third kappa shape index (κ3) is 3.73. The summed E-state index contributed by atoms with van der Waals surface area (Å²) in [5.74, 6) is 0.281. The first-order valence-electron chi connectivity index (χ1n) is 8.31. The van der Waals surface area contributed by atoms with Gasteiger partial charge in [-0.25, -0.2) is 4.68 Å². The Labute approximate surface area is 154 Å². The standard InChI is InChI=1S/C17H17N9O/c1-24-14(7-9-19-24)11-18-17(27)15-8-10-25(21-15)12-26-22-16(20-23-26)13-5-3-2-4-6-13/h2-10H,11-12H2,1H3,(H,18,27). The molecule has 1 amide bonds. The fourth-order valence-corrected chi connectivity index (χ4v) is 2.53. The predicted molar refractivity (Wildman–Crippen MR) is 95.3 cm³/mol. The number of benzene rings is 1. The zero-order valence-electron chi connectivity index (χ0n) is 14.6. The average Bonchev–Trinajstić information content (AvgIpc) is 3.43. The van der Waals surface area contributed by atoms with Crippen molar-refractivity contribution in [3.63, 3.8) is 0 Å². The highest BCUT2D eigenvalue weighted by Gasteiger charge is 2.11. The first kappa shape index (κ1) is 16.6. The maximum atomic E-state index is 12.2. The van der Waals surface area contributed by atoms with Crippen LogP contribution in [-0.2, 0) is 20.3 Å². The maximum Gasteiger partial charge on any atom is 0.272 e. The van der Waals surface area contributed by atoms with Crippen LogP contribution >= 0.6 is 0 Å². The highest BCUT2D eigenvalue weighted by molar-refractivity contribution is 5.92. The number of carbonyl (C=O) groups is 1. The van der Waals surface area contributed by atoms with Gasteiger partial charge in [-0.3, -0.25) is 9.48 Å². The van der Waals surface area contributed by atoms with Crippen LogP contribution in [0.5, 0.6) is 0 Å². The molecule has 0 aliphatic carbocycles. The molecule has 0 aliphatic rings. The van der Waals surface area contributed by atoms with Crippen molar-refractivity contribution in [3.05, 3.63) is 66.2 Å². The van der Waals surface area contributed by atoms with E-state index in [0.29, 0.717) is 18.1 Å². The van der Waals surface area contributed by atoms with E-state index >= 15 is 0 Å². The number of nitrogens with one attached hydrogen (secondary N) is 1. The van der Waals surface area contributed by atoms with Crippen LogP contribution in [-0.4, -0.2) is 45.7 Å². The normalized spacial score (nSPS) is 10.9. The van der Waals surface area contributed by atoms with Crippen molar-refractivity contribution in [2.24, 2.45) is 7.05 Å². The maximum absolute atomic E-state index is 12.2. The Morgan fingerprint density at radius 1 is 1.11 bits per heavy atom. The summed E-state index contributed by atoms with van der Waals surface area (Å²) in [5, 5.41) is 23.6. The molecule has 0 unspecified atom stereocenters. The van der Waals surface area contributed by atoms with Crippen molar-refractivity contribution < 1.29 is 4.79 Å². The molecule has 0 atom stereocenters. The van der Waals surface area contributed by atoms with Crippen LogP contribution in [0, 0.1) is 0 Å². The molecule has 1 N–H and O–H groups in total. The summed E-state index contributed by atoms with van der Waals surface area (Å²) in [5.41, 5.74) is 2.11. The van der Waals surface area contributed by atoms with E-state index in [0.717, 1.165) is 11.3 Å². The summed E-state index contributed by atoms with van der Waals surface area (Å²) >= 11 is 0. The Balaban J connectivity index is 1.39. The van der Waals surface area contributed by atoms with Gasteiger partial charge in [-0.15, -0.1) is 15.0 Å². The molecule has 4 aromatic rings. The van der Waals surface area contributed by atoms with Gasteiger partial charge in [-0.1, -0.05) is 30.3 Å². The Hall–Kier alpha value is -3.82. The molecule has 10 nitrogen and oxygen atoms in total. The number of carbonyl (C=O) groups excluding carboxylic acids is 1. The second kappa shape index (κ2) is 7.20. The number of aryl methyl sites for hydroxylation is 1. The van der Waals surface area contributed by atoms with Crippen LogP contribution < -0.4 is 5.32 Å². The van der Waals surface area contributed by atoms with Crippen molar-refractivity contribution in [1.82, 2.24) is 45.1 Å². The molecular formula is C17H17N9O. The molecule has 1 aromatic carbocycles. The van der Waals surface area contributed by atoms with Crippen LogP contribution in [0.1, 0.15) is 16.2 Å². The number of hydrogen-bond acceptors (Lipinski definition) is 6. The molecule has 10 heteroatoms. The van der Waals surface area contributed by atoms with Crippen molar-refractivity contribution >= 4 is 5.91 Å². The lowest BCUT2D eigenvalue weighted by molar-refractivity contribution is 0.0944. The summed E-state index contributed by atoms with van der Waals surface area (Å²) in [6, 6.07) is 13.1. The molecule has 136 valence electrons. The largest absolute Gasteiger partial charge is 0.345 e. The molecule has 0 saturated carbocycles. The quantitative estimate of drug-likeness (QED) is 0.540. The Kier molecular flexibility index (Phi) is 4.44. The van der Waals surface area contributed by atoms with Gasteiger partial charge in [0.25, 0.3) is 5.91 Å². The second-order valence-electron chi connectivity index (χ2n) is 5.86. The lowest BCUT2D eigenvalue weighted by Crippen LogP contribution is -2.25. The minimum atomic E-state index is -0.258. The minimum absolute atomic E-state index is 0.258. The van der Waals surface area contributed by atoms with Gasteiger partial charge in [0.05, 0.1) is 12.2 Å². The van der Waals surface area contributed by atoms with Crippen molar-refractivity contribution in [2.45, 2.75) is 13.2 Å². The third-order valence-electron chi connectivity index (χ3n) is 3.98. The number of rotatable bonds is 6. The zero-order valence-corrected chi connectivity index (χ0v) is 14.6. The van der Waals surface area contributed by atoms with E-state index in [-0.39, 0.29) is 12.6 Å². The Morgan fingerprint density at radius 3 is 2.74 bits per heavy atom. The Morgan fingerprint density at radius 2 is 1.96 bits per heavy atom. The molecule has 0 saturated heterocycles. The number of hydrogen-bond donors (Lipinski definition) is 1. The van der Waals surface area contributed by atoms with Gasteiger partial charge in [0.15, 0.2) is 6.67 Å². The molecular weight excluding hydrogens is 346 g/mol. The molecule has 4 rings (SSSR count). The van der Waals surface area contributed by atoms with Crippen molar-refractivity contribution in [1.29, 1.82) is 0 Å². The van der Waals surface area contributed by atoms with Crippen LogP contribution in [0.25, 0.3) is 11.4 Å². The number of nitrogens with zero attached hydrogens (tertiary/aromatic N) is 8. The third-order valence-corrected chi connectivity index (χ3v) is 3.98. The predicted octanol–water partition coefficient (Wildman–Crippen LogP) is 0.706. The van der Waals surface area contributed by atoms with E-state index in [2.05, 4.69) is 30.9 Å². The lowest BCUT2D eigenvalue weighted by atomic mass is 10.2. The van der Waals surface area contributed by atoms with E-state index < -0.39 is 0 Å². The topological polar surface area (TPSA) is 108 Å². The van der Waals surface area contributed by atoms with Gasteiger partial charge in [0.2, 0.25) is 5.82 Å². The fraction of sp³-hybridized carbons (Fsp3) is 0.176.